The molecule has 0 atom stereocenters. The van der Waals surface area contributed by atoms with Crippen LogP contribution >= 0.6 is 0 Å². The Morgan fingerprint density at radius 3 is 0.720 bits per heavy atom. The van der Waals surface area contributed by atoms with Gasteiger partial charge in [0, 0.05) is 58.7 Å². The maximum Gasteiger partial charge on any atom is 2.00 e. The van der Waals surface area contributed by atoms with Gasteiger partial charge in [-0.25, -0.2) is 33.7 Å². The first kappa shape index (κ1) is 60.6. The van der Waals surface area contributed by atoms with Crippen LogP contribution in [-0.4, -0.2) is 81.8 Å². The Hall–Kier alpha value is -7.48. The molecule has 24 heteroatoms. The third-order valence-corrected chi connectivity index (χ3v) is 15.9. The van der Waals surface area contributed by atoms with Gasteiger partial charge in [0.05, 0.1) is 53.0 Å². The van der Waals surface area contributed by atoms with E-state index in [0.29, 0.717) is 88.1 Å². The van der Waals surface area contributed by atoms with Crippen molar-refractivity contribution < 1.29 is 101 Å². The molecule has 0 unspecified atom stereocenters. The fraction of sp³-hybridized carbons (Fsp3) is 0. The molecule has 0 spiro atoms. The molecular formula is C58H36N6NaO12RuS4-. The Morgan fingerprint density at radius 1 is 0.268 bits per heavy atom. The van der Waals surface area contributed by atoms with Crippen molar-refractivity contribution in [2.75, 3.05) is 0 Å². The van der Waals surface area contributed by atoms with Crippen molar-refractivity contribution in [1.29, 1.82) is 0 Å². The Balaban J connectivity index is 0.000000175. The fourth-order valence-corrected chi connectivity index (χ4v) is 11.0. The molecule has 0 fully saturated rings. The molecule has 0 bridgehead atoms. The van der Waals surface area contributed by atoms with E-state index in [1.807, 2.05) is 36.4 Å². The zero-order valence-electron chi connectivity index (χ0n) is 42.4. The van der Waals surface area contributed by atoms with Crippen LogP contribution in [0.5, 0.6) is 0 Å². The number of hydrogen-bond donors (Lipinski definition) is 0. The Kier molecular flexibility index (Phi) is 18.4. The van der Waals surface area contributed by atoms with Crippen molar-refractivity contribution in [2.24, 2.45) is 0 Å². The van der Waals surface area contributed by atoms with Crippen LogP contribution < -0.4 is 29.6 Å². The summed E-state index contributed by atoms with van der Waals surface area (Å²) in [5, 5.41) is 2.76. The van der Waals surface area contributed by atoms with Gasteiger partial charge in [-0.3, -0.25) is 29.9 Å². The van der Waals surface area contributed by atoms with E-state index in [-0.39, 0.29) is 68.6 Å². The van der Waals surface area contributed by atoms with E-state index in [9.17, 15) is 51.9 Å². The summed E-state index contributed by atoms with van der Waals surface area (Å²) >= 11 is 0. The van der Waals surface area contributed by atoms with Gasteiger partial charge in [-0.2, -0.15) is 0 Å². The largest absolute Gasteiger partial charge is 2.00 e. The van der Waals surface area contributed by atoms with Crippen LogP contribution in [0.15, 0.2) is 239 Å². The van der Waals surface area contributed by atoms with Crippen LogP contribution in [0.1, 0.15) is 0 Å². The molecule has 0 aliphatic rings. The van der Waals surface area contributed by atoms with Gasteiger partial charge < -0.3 is 18.2 Å². The van der Waals surface area contributed by atoms with Gasteiger partial charge in [0.15, 0.2) is 0 Å². The molecule has 0 saturated carbocycles. The summed E-state index contributed by atoms with van der Waals surface area (Å²) in [6.45, 7) is 0. The van der Waals surface area contributed by atoms with Gasteiger partial charge >= 0.3 is 49.0 Å². The second-order valence-corrected chi connectivity index (χ2v) is 23.0. The summed E-state index contributed by atoms with van der Waals surface area (Å²) in [6.07, 6.45) is 9.79. The predicted molar refractivity (Wildman–Crippen MR) is 295 cm³/mol. The number of nitrogens with zero attached hydrogens (tertiary/aromatic N) is 6. The molecule has 0 radical (unpaired) electrons. The smallest absolute Gasteiger partial charge is 0.744 e. The van der Waals surface area contributed by atoms with Crippen molar-refractivity contribution in [3.05, 3.63) is 219 Å². The topological polar surface area (TPSA) is 306 Å². The van der Waals surface area contributed by atoms with Crippen LogP contribution in [0.3, 0.4) is 0 Å². The van der Waals surface area contributed by atoms with Crippen molar-refractivity contribution in [3.63, 3.8) is 0 Å². The second-order valence-electron chi connectivity index (χ2n) is 17.5. The molecule has 18 nitrogen and oxygen atoms in total. The molecule has 6 heterocycles. The van der Waals surface area contributed by atoms with Crippen molar-refractivity contribution >= 4 is 84.1 Å². The zero-order chi connectivity index (χ0) is 56.4. The van der Waals surface area contributed by atoms with E-state index in [1.54, 1.807) is 110 Å². The first-order chi connectivity index (χ1) is 38.2. The minimum absolute atomic E-state index is 0. The summed E-state index contributed by atoms with van der Waals surface area (Å²) < 4.78 is 138. The van der Waals surface area contributed by atoms with E-state index < -0.39 is 40.5 Å². The molecule has 12 aromatic rings. The minimum Gasteiger partial charge on any atom is -0.744 e. The molecular weight excluding hydrogens is 1220 g/mol. The SMILES string of the molecule is O=S(=O)([O-])c1cccc(-c2ccnc3c2ccc2c(-c4cccc(S(=O)(=O)[O-])c4)ccnc23)c1.O=S(=O)([O-])c1cccc(-c2ccnc3c2ccc2c(-c4cccc(S(=O)(=O)[O-])c4)ccnc23)c1.[Na+].[Ru+2].c1ccc(-c2ccccn2)nc1. The molecule has 0 amide bonds. The molecule has 6 aromatic carbocycles. The summed E-state index contributed by atoms with van der Waals surface area (Å²) in [5.74, 6) is 0. The summed E-state index contributed by atoms with van der Waals surface area (Å²) in [7, 11) is -18.5. The Morgan fingerprint density at radius 2 is 0.512 bits per heavy atom. The zero-order valence-corrected chi connectivity index (χ0v) is 49.4. The van der Waals surface area contributed by atoms with Crippen LogP contribution in [0, 0.1) is 0 Å². The van der Waals surface area contributed by atoms with E-state index >= 15 is 0 Å². The normalized spacial score (nSPS) is 11.6. The van der Waals surface area contributed by atoms with Gasteiger partial charge in [0.1, 0.15) is 40.5 Å². The summed E-state index contributed by atoms with van der Waals surface area (Å²) in [4.78, 5) is 24.9. The van der Waals surface area contributed by atoms with Crippen molar-refractivity contribution in [3.8, 4) is 55.9 Å². The van der Waals surface area contributed by atoms with Gasteiger partial charge in [-0.15, -0.1) is 0 Å². The Bertz CT molecular complexity index is 4290. The fourth-order valence-electron chi connectivity index (χ4n) is 8.97. The standard InChI is InChI=1S/2C24H16N2O6S2.C10H8N2.Na.Ru/c2*27-33(28,29)17-5-1-3-15(13-17)19-9-11-25-23-21(19)7-8-22-20(10-12-26-24(22)23)16-4-2-6-18(14-16)34(30,31)32;1-3-7-11-9(5-1)10-6-2-4-8-12-10;;/h2*1-14H,(H,27,28,29)(H,30,31,32);1-8H;;/q;;;+1;+2/p-4. The van der Waals surface area contributed by atoms with Gasteiger partial charge in [-0.05, 0) is 142 Å². The molecule has 0 saturated heterocycles. The van der Waals surface area contributed by atoms with Gasteiger partial charge in [0.2, 0.25) is 0 Å². The number of benzene rings is 6. The number of rotatable bonds is 9. The first-order valence-electron chi connectivity index (χ1n) is 23.6. The van der Waals surface area contributed by atoms with Crippen LogP contribution in [0.2, 0.25) is 0 Å². The average Bonchev–Trinajstić information content (AvgIpc) is 2.18. The maximum atomic E-state index is 11.5. The molecule has 0 N–H and O–H groups in total. The third-order valence-electron chi connectivity index (χ3n) is 12.6. The Labute approximate surface area is 505 Å². The average molecular weight is 1260 g/mol. The maximum absolute atomic E-state index is 11.5. The monoisotopic (exact) mass is 1260 g/mol. The van der Waals surface area contributed by atoms with E-state index in [2.05, 4.69) is 29.9 Å². The van der Waals surface area contributed by atoms with Gasteiger partial charge in [-0.1, -0.05) is 84.9 Å². The second kappa shape index (κ2) is 24.9. The molecule has 0 aliphatic heterocycles. The van der Waals surface area contributed by atoms with E-state index in [4.69, 9.17) is 0 Å². The number of fused-ring (bicyclic) bond motifs is 6. The van der Waals surface area contributed by atoms with Crippen LogP contribution in [0.25, 0.3) is 99.5 Å². The van der Waals surface area contributed by atoms with Crippen molar-refractivity contribution in [2.45, 2.75) is 19.6 Å². The first-order valence-corrected chi connectivity index (χ1v) is 29.3. The number of pyridine rings is 6. The minimum atomic E-state index is -4.61. The molecule has 6 aromatic heterocycles. The quantitative estimate of drug-likeness (QED) is 0.0798. The third kappa shape index (κ3) is 13.4. The van der Waals surface area contributed by atoms with Crippen molar-refractivity contribution in [1.82, 2.24) is 29.9 Å². The predicted octanol–water partition coefficient (Wildman–Crippen LogP) is 7.00. The molecule has 12 rings (SSSR count). The summed E-state index contributed by atoms with van der Waals surface area (Å²) in [6, 6.07) is 48.7. The van der Waals surface area contributed by atoms with Crippen LogP contribution in [0.4, 0.5) is 0 Å². The molecule has 0 aliphatic carbocycles. The number of aromatic nitrogens is 6. The summed E-state index contributed by atoms with van der Waals surface area (Å²) in [5.41, 5.74) is 8.82. The molecule has 82 heavy (non-hydrogen) atoms. The van der Waals surface area contributed by atoms with Crippen LogP contribution in [-0.2, 0) is 60.0 Å². The van der Waals surface area contributed by atoms with E-state index in [0.717, 1.165) is 11.4 Å². The molecule has 404 valence electrons. The van der Waals surface area contributed by atoms with Gasteiger partial charge in [0.25, 0.3) is 0 Å². The van der Waals surface area contributed by atoms with E-state index in [1.165, 1.54) is 72.8 Å². The number of hydrogen-bond acceptors (Lipinski definition) is 18.